The fourth-order valence-corrected chi connectivity index (χ4v) is 2.76. The van der Waals surface area contributed by atoms with E-state index in [0.29, 0.717) is 10.0 Å². The predicted octanol–water partition coefficient (Wildman–Crippen LogP) is 3.76. The SMILES string of the molecule is Cc1ccc(C)c(C(NN)c2c(F)cccc2Br)c1. The van der Waals surface area contributed by atoms with Crippen molar-refractivity contribution in [1.82, 2.24) is 5.43 Å². The first kappa shape index (κ1) is 14.2. The minimum atomic E-state index is -0.379. The summed E-state index contributed by atoms with van der Waals surface area (Å²) in [6.45, 7) is 4.00. The molecule has 0 bridgehead atoms. The highest BCUT2D eigenvalue weighted by molar-refractivity contribution is 9.10. The second-order valence-electron chi connectivity index (χ2n) is 4.60. The minimum absolute atomic E-state index is 0.279. The van der Waals surface area contributed by atoms with Crippen molar-refractivity contribution in [2.75, 3.05) is 0 Å². The molecule has 0 heterocycles. The van der Waals surface area contributed by atoms with E-state index in [0.717, 1.165) is 16.7 Å². The zero-order chi connectivity index (χ0) is 14.0. The first-order chi connectivity index (χ1) is 9.04. The van der Waals surface area contributed by atoms with Gasteiger partial charge in [-0.1, -0.05) is 45.8 Å². The maximum atomic E-state index is 14.1. The summed E-state index contributed by atoms with van der Waals surface area (Å²) in [6.07, 6.45) is 0. The molecule has 2 rings (SSSR count). The van der Waals surface area contributed by atoms with E-state index in [1.54, 1.807) is 6.07 Å². The van der Waals surface area contributed by atoms with Gasteiger partial charge in [0.05, 0.1) is 6.04 Å². The Kier molecular flexibility index (Phi) is 4.34. The van der Waals surface area contributed by atoms with Crippen molar-refractivity contribution < 1.29 is 4.39 Å². The Morgan fingerprint density at radius 1 is 1.21 bits per heavy atom. The van der Waals surface area contributed by atoms with Crippen LogP contribution in [0.2, 0.25) is 0 Å². The molecule has 0 fully saturated rings. The van der Waals surface area contributed by atoms with Gasteiger partial charge < -0.3 is 0 Å². The van der Waals surface area contributed by atoms with Crippen molar-refractivity contribution in [3.05, 3.63) is 68.9 Å². The third-order valence-corrected chi connectivity index (χ3v) is 3.89. The summed E-state index contributed by atoms with van der Waals surface area (Å²) in [6, 6.07) is 10.6. The quantitative estimate of drug-likeness (QED) is 0.667. The highest BCUT2D eigenvalue weighted by Crippen LogP contribution is 2.32. The number of nitrogens with two attached hydrogens (primary N) is 1. The molecule has 0 saturated carbocycles. The smallest absolute Gasteiger partial charge is 0.129 e. The number of hydrogen-bond donors (Lipinski definition) is 2. The largest absolute Gasteiger partial charge is 0.271 e. The number of aryl methyl sites for hydroxylation is 2. The Hall–Kier alpha value is -1.23. The molecular formula is C15H16BrFN2. The third kappa shape index (κ3) is 2.86. The van der Waals surface area contributed by atoms with E-state index in [4.69, 9.17) is 5.84 Å². The molecule has 0 amide bonds. The predicted molar refractivity (Wildman–Crippen MR) is 79.2 cm³/mol. The van der Waals surface area contributed by atoms with Crippen LogP contribution in [-0.2, 0) is 0 Å². The lowest BCUT2D eigenvalue weighted by molar-refractivity contribution is 0.556. The molecule has 19 heavy (non-hydrogen) atoms. The molecule has 0 saturated heterocycles. The molecule has 3 N–H and O–H groups in total. The standard InChI is InChI=1S/C15H16BrFN2/c1-9-6-7-10(2)11(8-9)15(19-18)14-12(16)4-3-5-13(14)17/h3-8,15,19H,18H2,1-2H3. The summed E-state index contributed by atoms with van der Waals surface area (Å²) in [4.78, 5) is 0. The van der Waals surface area contributed by atoms with Gasteiger partial charge in [0.25, 0.3) is 0 Å². The van der Waals surface area contributed by atoms with Crippen LogP contribution in [0.4, 0.5) is 4.39 Å². The molecule has 0 aromatic heterocycles. The maximum Gasteiger partial charge on any atom is 0.129 e. The van der Waals surface area contributed by atoms with Crippen LogP contribution in [-0.4, -0.2) is 0 Å². The van der Waals surface area contributed by atoms with Gasteiger partial charge in [-0.3, -0.25) is 5.84 Å². The summed E-state index contributed by atoms with van der Waals surface area (Å²) in [5.74, 6) is 5.38. The highest BCUT2D eigenvalue weighted by Gasteiger charge is 2.21. The van der Waals surface area contributed by atoms with Crippen molar-refractivity contribution in [2.24, 2.45) is 5.84 Å². The van der Waals surface area contributed by atoms with Gasteiger partial charge in [-0.15, -0.1) is 0 Å². The van der Waals surface area contributed by atoms with Gasteiger partial charge in [-0.2, -0.15) is 0 Å². The van der Waals surface area contributed by atoms with E-state index < -0.39 is 0 Å². The number of hydrogen-bond acceptors (Lipinski definition) is 2. The van der Waals surface area contributed by atoms with Gasteiger partial charge in [0.1, 0.15) is 5.82 Å². The lowest BCUT2D eigenvalue weighted by atomic mass is 9.94. The van der Waals surface area contributed by atoms with Crippen LogP contribution in [0.5, 0.6) is 0 Å². The monoisotopic (exact) mass is 322 g/mol. The van der Waals surface area contributed by atoms with Gasteiger partial charge in [-0.25, -0.2) is 9.82 Å². The zero-order valence-corrected chi connectivity index (χ0v) is 12.5. The lowest BCUT2D eigenvalue weighted by Crippen LogP contribution is -2.30. The second kappa shape index (κ2) is 5.82. The third-order valence-electron chi connectivity index (χ3n) is 3.20. The summed E-state index contributed by atoms with van der Waals surface area (Å²) in [5, 5.41) is 0. The number of rotatable bonds is 3. The van der Waals surface area contributed by atoms with Crippen LogP contribution in [0, 0.1) is 19.7 Å². The Labute approximate surface area is 120 Å². The van der Waals surface area contributed by atoms with E-state index >= 15 is 0 Å². The van der Waals surface area contributed by atoms with Crippen LogP contribution in [0.1, 0.15) is 28.3 Å². The number of hydrazine groups is 1. The van der Waals surface area contributed by atoms with Crippen LogP contribution in [0.15, 0.2) is 40.9 Å². The fraction of sp³-hybridized carbons (Fsp3) is 0.200. The average Bonchev–Trinajstić information content (AvgIpc) is 2.37. The average molecular weight is 323 g/mol. The Morgan fingerprint density at radius 2 is 1.95 bits per heavy atom. The van der Waals surface area contributed by atoms with Crippen molar-refractivity contribution in [2.45, 2.75) is 19.9 Å². The highest BCUT2D eigenvalue weighted by atomic mass is 79.9. The van der Waals surface area contributed by atoms with E-state index in [1.165, 1.54) is 6.07 Å². The second-order valence-corrected chi connectivity index (χ2v) is 5.45. The molecule has 2 aromatic rings. The molecule has 4 heteroatoms. The van der Waals surface area contributed by atoms with Gasteiger partial charge in [0.15, 0.2) is 0 Å². The van der Waals surface area contributed by atoms with E-state index in [1.807, 2.05) is 38.1 Å². The zero-order valence-electron chi connectivity index (χ0n) is 10.9. The molecule has 2 nitrogen and oxygen atoms in total. The first-order valence-corrected chi connectivity index (χ1v) is 6.81. The van der Waals surface area contributed by atoms with Gasteiger partial charge in [0.2, 0.25) is 0 Å². The molecule has 2 aromatic carbocycles. The van der Waals surface area contributed by atoms with Crippen molar-refractivity contribution >= 4 is 15.9 Å². The molecule has 0 aliphatic carbocycles. The molecule has 0 spiro atoms. The van der Waals surface area contributed by atoms with Gasteiger partial charge in [0, 0.05) is 10.0 Å². The maximum absolute atomic E-state index is 14.1. The molecule has 0 radical (unpaired) electrons. The van der Waals surface area contributed by atoms with Gasteiger partial charge in [-0.05, 0) is 37.1 Å². The van der Waals surface area contributed by atoms with Gasteiger partial charge >= 0.3 is 0 Å². The van der Waals surface area contributed by atoms with E-state index in [9.17, 15) is 4.39 Å². The van der Waals surface area contributed by atoms with Crippen LogP contribution >= 0.6 is 15.9 Å². The van der Waals surface area contributed by atoms with Crippen molar-refractivity contribution in [3.63, 3.8) is 0 Å². The molecule has 1 atom stereocenters. The van der Waals surface area contributed by atoms with E-state index in [2.05, 4.69) is 21.4 Å². The van der Waals surface area contributed by atoms with Crippen molar-refractivity contribution in [3.8, 4) is 0 Å². The Balaban J connectivity index is 2.59. The molecule has 1 unspecified atom stereocenters. The number of benzene rings is 2. The summed E-state index contributed by atoms with van der Waals surface area (Å²) in [7, 11) is 0. The Morgan fingerprint density at radius 3 is 2.58 bits per heavy atom. The summed E-state index contributed by atoms with van der Waals surface area (Å²) < 4.78 is 14.8. The number of halogens is 2. The molecule has 100 valence electrons. The van der Waals surface area contributed by atoms with Crippen LogP contribution < -0.4 is 11.3 Å². The number of nitrogens with one attached hydrogen (secondary N) is 1. The van der Waals surface area contributed by atoms with Crippen LogP contribution in [0.3, 0.4) is 0 Å². The topological polar surface area (TPSA) is 38.0 Å². The molecule has 0 aliphatic rings. The minimum Gasteiger partial charge on any atom is -0.271 e. The molecule has 0 aliphatic heterocycles. The lowest BCUT2D eigenvalue weighted by Gasteiger charge is -2.21. The van der Waals surface area contributed by atoms with Crippen LogP contribution in [0.25, 0.3) is 0 Å². The summed E-state index contributed by atoms with van der Waals surface area (Å²) in [5.41, 5.74) is 6.41. The Bertz CT molecular complexity index is 578. The first-order valence-electron chi connectivity index (χ1n) is 6.01. The van der Waals surface area contributed by atoms with E-state index in [-0.39, 0.29) is 11.9 Å². The molecular weight excluding hydrogens is 307 g/mol. The van der Waals surface area contributed by atoms with Crippen molar-refractivity contribution in [1.29, 1.82) is 0 Å². The normalized spacial score (nSPS) is 12.5. The fourth-order valence-electron chi connectivity index (χ4n) is 2.19. The summed E-state index contributed by atoms with van der Waals surface area (Å²) >= 11 is 3.39.